The van der Waals surface area contributed by atoms with Gasteiger partial charge in [0.25, 0.3) is 0 Å². The first-order chi connectivity index (χ1) is 11.6. The predicted octanol–water partition coefficient (Wildman–Crippen LogP) is 3.76. The first-order valence-electron chi connectivity index (χ1n) is 8.15. The van der Waals surface area contributed by atoms with Crippen LogP contribution in [-0.2, 0) is 6.54 Å². The van der Waals surface area contributed by atoms with E-state index in [-0.39, 0.29) is 18.2 Å². The van der Waals surface area contributed by atoms with Gasteiger partial charge < -0.3 is 15.6 Å². The van der Waals surface area contributed by atoms with Gasteiger partial charge in [-0.25, -0.2) is 0 Å². The highest BCUT2D eigenvalue weighted by Crippen LogP contribution is 2.36. The Kier molecular flexibility index (Phi) is 7.14. The van der Waals surface area contributed by atoms with E-state index in [1.165, 1.54) is 5.56 Å². The molecule has 1 heterocycles. The monoisotopic (exact) mass is 426 g/mol. The number of methoxy groups -OCH3 is 1. The average molecular weight is 428 g/mol. The maximum Gasteiger partial charge on any atom is 0.161 e. The van der Waals surface area contributed by atoms with Crippen molar-refractivity contribution in [2.75, 3.05) is 26.7 Å². The van der Waals surface area contributed by atoms with E-state index in [1.807, 2.05) is 12.1 Å². The van der Waals surface area contributed by atoms with Crippen LogP contribution in [0, 0.1) is 5.92 Å². The quantitative estimate of drug-likeness (QED) is 0.763. The number of halogens is 2. The van der Waals surface area contributed by atoms with Crippen LogP contribution in [0.25, 0.3) is 0 Å². The van der Waals surface area contributed by atoms with Gasteiger partial charge in [-0.05, 0) is 35.7 Å². The molecule has 4 nitrogen and oxygen atoms in total. The summed E-state index contributed by atoms with van der Waals surface area (Å²) in [5, 5.41) is 10.0. The molecule has 25 heavy (non-hydrogen) atoms. The second-order valence-corrected chi connectivity index (χ2v) is 7.18. The molecule has 1 saturated heterocycles. The smallest absolute Gasteiger partial charge is 0.161 e. The molecule has 0 bridgehead atoms. The molecule has 1 aliphatic rings. The van der Waals surface area contributed by atoms with E-state index < -0.39 is 0 Å². The molecular formula is C19H24BrClN2O2. The van der Waals surface area contributed by atoms with Crippen molar-refractivity contribution in [3.05, 3.63) is 58.1 Å². The van der Waals surface area contributed by atoms with E-state index in [1.54, 1.807) is 13.2 Å². The number of nitrogens with zero attached hydrogens (tertiary/aromatic N) is 1. The van der Waals surface area contributed by atoms with Crippen molar-refractivity contribution in [1.29, 1.82) is 0 Å². The van der Waals surface area contributed by atoms with Crippen LogP contribution in [-0.4, -0.2) is 36.8 Å². The largest absolute Gasteiger partial charge is 0.504 e. The summed E-state index contributed by atoms with van der Waals surface area (Å²) in [6.07, 6.45) is 0. The minimum Gasteiger partial charge on any atom is -0.504 e. The number of nitrogens with two attached hydrogens (primary N) is 1. The highest BCUT2D eigenvalue weighted by atomic mass is 79.9. The third-order valence-corrected chi connectivity index (χ3v) is 5.53. The molecule has 2 aromatic carbocycles. The zero-order chi connectivity index (χ0) is 17.1. The Morgan fingerprint density at radius 1 is 1.24 bits per heavy atom. The van der Waals surface area contributed by atoms with Gasteiger partial charge in [0.1, 0.15) is 0 Å². The summed E-state index contributed by atoms with van der Waals surface area (Å²) in [6.45, 7) is 3.41. The minimum atomic E-state index is 0. The molecule has 1 aliphatic heterocycles. The molecule has 2 atom stereocenters. The van der Waals surface area contributed by atoms with Gasteiger partial charge in [0.2, 0.25) is 0 Å². The lowest BCUT2D eigenvalue weighted by molar-refractivity contribution is 0.314. The van der Waals surface area contributed by atoms with Crippen molar-refractivity contribution in [3.63, 3.8) is 0 Å². The van der Waals surface area contributed by atoms with Crippen LogP contribution in [0.1, 0.15) is 17.0 Å². The zero-order valence-electron chi connectivity index (χ0n) is 14.2. The van der Waals surface area contributed by atoms with Crippen LogP contribution in [0.15, 0.2) is 46.9 Å². The SMILES string of the molecule is COc1cc(Br)c(CN2C[C@@H](CN)[C@H](c3ccccc3)C2)cc1O.Cl. The maximum absolute atomic E-state index is 10.0. The fourth-order valence-electron chi connectivity index (χ4n) is 3.52. The Bertz CT molecular complexity index is 699. The van der Waals surface area contributed by atoms with Gasteiger partial charge in [-0.3, -0.25) is 4.90 Å². The molecule has 0 amide bonds. The Hall–Kier alpha value is -1.27. The molecule has 0 unspecified atom stereocenters. The average Bonchev–Trinajstić information content (AvgIpc) is 3.01. The van der Waals surface area contributed by atoms with Gasteiger partial charge in [0.15, 0.2) is 11.5 Å². The van der Waals surface area contributed by atoms with Crippen molar-refractivity contribution >= 4 is 28.3 Å². The van der Waals surface area contributed by atoms with Crippen molar-refractivity contribution in [3.8, 4) is 11.5 Å². The lowest BCUT2D eigenvalue weighted by atomic mass is 9.89. The van der Waals surface area contributed by atoms with E-state index in [9.17, 15) is 5.11 Å². The molecule has 3 N–H and O–H groups in total. The maximum atomic E-state index is 10.0. The summed E-state index contributed by atoms with van der Waals surface area (Å²) < 4.78 is 6.10. The standard InChI is InChI=1S/C19H23BrN2O2.ClH/c1-24-19-8-17(20)14(7-18(19)23)10-22-11-15(9-21)16(12-22)13-5-3-2-4-6-13;/h2-8,15-16,23H,9-12,21H2,1H3;1H/t15-,16+;/m1./s1. The first kappa shape index (κ1) is 20.0. The van der Waals surface area contributed by atoms with Gasteiger partial charge >= 0.3 is 0 Å². The molecule has 1 fully saturated rings. The molecule has 6 heteroatoms. The van der Waals surface area contributed by atoms with Crippen LogP contribution in [0.2, 0.25) is 0 Å². The fraction of sp³-hybridized carbons (Fsp3) is 0.368. The molecule has 2 aromatic rings. The number of phenols is 1. The van der Waals surface area contributed by atoms with Crippen LogP contribution in [0.5, 0.6) is 11.5 Å². The lowest BCUT2D eigenvalue weighted by Crippen LogP contribution is -2.23. The van der Waals surface area contributed by atoms with E-state index in [2.05, 4.69) is 45.1 Å². The normalized spacial score (nSPS) is 20.3. The summed E-state index contributed by atoms with van der Waals surface area (Å²) in [7, 11) is 1.55. The van der Waals surface area contributed by atoms with Gasteiger partial charge in [0, 0.05) is 30.0 Å². The summed E-state index contributed by atoms with van der Waals surface area (Å²) in [6, 6.07) is 14.2. The number of ether oxygens (including phenoxy) is 1. The summed E-state index contributed by atoms with van der Waals surface area (Å²) in [5.74, 6) is 1.57. The second-order valence-electron chi connectivity index (χ2n) is 6.32. The number of likely N-dealkylation sites (tertiary alicyclic amines) is 1. The summed E-state index contributed by atoms with van der Waals surface area (Å²) in [4.78, 5) is 2.40. The predicted molar refractivity (Wildman–Crippen MR) is 107 cm³/mol. The first-order valence-corrected chi connectivity index (χ1v) is 8.94. The molecular weight excluding hydrogens is 404 g/mol. The van der Waals surface area contributed by atoms with Gasteiger partial charge in [0.05, 0.1) is 7.11 Å². The van der Waals surface area contributed by atoms with E-state index >= 15 is 0 Å². The topological polar surface area (TPSA) is 58.7 Å². The number of hydrogen-bond donors (Lipinski definition) is 2. The lowest BCUT2D eigenvalue weighted by Gasteiger charge is -2.18. The van der Waals surface area contributed by atoms with Crippen LogP contribution in [0.3, 0.4) is 0 Å². The van der Waals surface area contributed by atoms with Crippen molar-refractivity contribution in [2.45, 2.75) is 12.5 Å². The molecule has 136 valence electrons. The molecule has 0 saturated carbocycles. The van der Waals surface area contributed by atoms with Crippen LogP contribution in [0.4, 0.5) is 0 Å². The van der Waals surface area contributed by atoms with Gasteiger partial charge in [-0.2, -0.15) is 0 Å². The van der Waals surface area contributed by atoms with Gasteiger partial charge in [-0.15, -0.1) is 12.4 Å². The van der Waals surface area contributed by atoms with Crippen molar-refractivity contribution < 1.29 is 9.84 Å². The Balaban J connectivity index is 0.00000225. The number of hydrogen-bond acceptors (Lipinski definition) is 4. The number of benzene rings is 2. The van der Waals surface area contributed by atoms with Crippen molar-refractivity contribution in [1.82, 2.24) is 4.90 Å². The molecule has 3 rings (SSSR count). The third kappa shape index (κ3) is 4.47. The summed E-state index contributed by atoms with van der Waals surface area (Å²) in [5.41, 5.74) is 8.42. The summed E-state index contributed by atoms with van der Waals surface area (Å²) >= 11 is 3.58. The molecule has 0 spiro atoms. The number of rotatable bonds is 5. The molecule has 0 aliphatic carbocycles. The highest BCUT2D eigenvalue weighted by molar-refractivity contribution is 9.10. The van der Waals surface area contributed by atoms with Crippen molar-refractivity contribution in [2.24, 2.45) is 11.7 Å². The number of phenolic OH excluding ortho intramolecular Hbond substituents is 1. The molecule has 0 radical (unpaired) electrons. The highest BCUT2D eigenvalue weighted by Gasteiger charge is 2.33. The Morgan fingerprint density at radius 3 is 2.60 bits per heavy atom. The van der Waals surface area contributed by atoms with Crippen LogP contribution < -0.4 is 10.5 Å². The van der Waals surface area contributed by atoms with E-state index in [4.69, 9.17) is 10.5 Å². The van der Waals surface area contributed by atoms with Gasteiger partial charge in [-0.1, -0.05) is 46.3 Å². The Morgan fingerprint density at radius 2 is 1.96 bits per heavy atom. The van der Waals surface area contributed by atoms with Crippen LogP contribution >= 0.6 is 28.3 Å². The number of aromatic hydroxyl groups is 1. The Labute approximate surface area is 163 Å². The molecule has 0 aromatic heterocycles. The third-order valence-electron chi connectivity index (χ3n) is 4.79. The minimum absolute atomic E-state index is 0. The zero-order valence-corrected chi connectivity index (χ0v) is 16.6. The fourth-order valence-corrected chi connectivity index (χ4v) is 3.97. The van der Waals surface area contributed by atoms with E-state index in [0.29, 0.717) is 24.1 Å². The van der Waals surface area contributed by atoms with E-state index in [0.717, 1.165) is 29.7 Å². The second kappa shape index (κ2) is 8.90.